The SMILES string of the molecule is CCNC(=O)c1ccc(N2CCN(Cc3cnc4c(c3)NC(=O)[C@@H]3CCCN43)CC2)nc1. The largest absolute Gasteiger partial charge is 0.354 e. The van der Waals surface area contributed by atoms with Gasteiger partial charge >= 0.3 is 0 Å². The van der Waals surface area contributed by atoms with Crippen molar-refractivity contribution >= 4 is 29.1 Å². The van der Waals surface area contributed by atoms with E-state index in [9.17, 15) is 9.59 Å². The highest BCUT2D eigenvalue weighted by molar-refractivity contribution is 6.03. The molecule has 2 amide bonds. The van der Waals surface area contributed by atoms with E-state index in [2.05, 4.69) is 36.4 Å². The number of anilines is 3. The standard InChI is InChI=1S/C23H29N7O2/c1-2-24-22(31)17-5-6-20(25-14-17)29-10-8-28(9-11-29)15-16-12-18-21(26-13-16)30-7-3-4-19(30)23(32)27-18/h5-6,12-14,19H,2-4,7-11,15H2,1H3,(H,24,31)(H,27,32)/t19-/m0/s1. The van der Waals surface area contributed by atoms with Crippen LogP contribution in [0.5, 0.6) is 0 Å². The summed E-state index contributed by atoms with van der Waals surface area (Å²) in [5, 5.41) is 5.84. The van der Waals surface area contributed by atoms with Crippen molar-refractivity contribution in [2.24, 2.45) is 0 Å². The maximum Gasteiger partial charge on any atom is 0.252 e. The summed E-state index contributed by atoms with van der Waals surface area (Å²) in [7, 11) is 0. The maximum absolute atomic E-state index is 12.4. The molecule has 1 atom stereocenters. The molecule has 9 heteroatoms. The highest BCUT2D eigenvalue weighted by Crippen LogP contribution is 2.35. The molecule has 9 nitrogen and oxygen atoms in total. The lowest BCUT2D eigenvalue weighted by molar-refractivity contribution is -0.117. The van der Waals surface area contributed by atoms with E-state index in [0.29, 0.717) is 12.1 Å². The molecular formula is C23H29N7O2. The minimum atomic E-state index is -0.0912. The molecule has 0 spiro atoms. The number of hydrogen-bond donors (Lipinski definition) is 2. The number of amides is 2. The van der Waals surface area contributed by atoms with Gasteiger partial charge in [0.25, 0.3) is 5.91 Å². The number of fused-ring (bicyclic) bond motifs is 3. The number of nitrogens with zero attached hydrogens (tertiary/aromatic N) is 5. The second kappa shape index (κ2) is 8.74. The molecule has 0 saturated carbocycles. The molecule has 3 aliphatic heterocycles. The second-order valence-corrected chi connectivity index (χ2v) is 8.58. The van der Waals surface area contributed by atoms with Crippen LogP contribution in [0.25, 0.3) is 0 Å². The predicted molar refractivity (Wildman–Crippen MR) is 123 cm³/mol. The molecule has 0 aliphatic carbocycles. The zero-order valence-electron chi connectivity index (χ0n) is 18.4. The first-order valence-electron chi connectivity index (χ1n) is 11.4. The maximum atomic E-state index is 12.4. The molecule has 2 saturated heterocycles. The van der Waals surface area contributed by atoms with Crippen LogP contribution < -0.4 is 20.4 Å². The third-order valence-corrected chi connectivity index (χ3v) is 6.46. The van der Waals surface area contributed by atoms with E-state index in [1.54, 1.807) is 6.20 Å². The van der Waals surface area contributed by atoms with Crippen LogP contribution in [0.15, 0.2) is 30.6 Å². The fourth-order valence-electron chi connectivity index (χ4n) is 4.78. The Balaban J connectivity index is 1.18. The van der Waals surface area contributed by atoms with Gasteiger partial charge in [-0.25, -0.2) is 9.97 Å². The number of rotatable bonds is 5. The van der Waals surface area contributed by atoms with Crippen LogP contribution in [0, 0.1) is 0 Å². The van der Waals surface area contributed by atoms with Crippen LogP contribution in [-0.4, -0.2) is 72.0 Å². The molecule has 0 unspecified atom stereocenters. The van der Waals surface area contributed by atoms with Gasteiger partial charge in [-0.05, 0) is 43.5 Å². The van der Waals surface area contributed by atoms with Crippen molar-refractivity contribution in [1.82, 2.24) is 20.2 Å². The van der Waals surface area contributed by atoms with E-state index in [-0.39, 0.29) is 17.9 Å². The van der Waals surface area contributed by atoms with Crippen molar-refractivity contribution in [2.75, 3.05) is 54.4 Å². The molecule has 2 aromatic heterocycles. The molecule has 168 valence electrons. The van der Waals surface area contributed by atoms with Crippen LogP contribution >= 0.6 is 0 Å². The minimum absolute atomic E-state index is 0.0577. The van der Waals surface area contributed by atoms with Crippen LogP contribution in [0.3, 0.4) is 0 Å². The first-order valence-corrected chi connectivity index (χ1v) is 11.4. The van der Waals surface area contributed by atoms with Gasteiger partial charge in [-0.2, -0.15) is 0 Å². The fourth-order valence-corrected chi connectivity index (χ4v) is 4.78. The van der Waals surface area contributed by atoms with Gasteiger partial charge < -0.3 is 20.4 Å². The van der Waals surface area contributed by atoms with E-state index >= 15 is 0 Å². The van der Waals surface area contributed by atoms with Crippen molar-refractivity contribution in [3.8, 4) is 0 Å². The number of aromatic nitrogens is 2. The summed E-state index contributed by atoms with van der Waals surface area (Å²) in [4.78, 5) is 40.2. The first-order chi connectivity index (χ1) is 15.6. The second-order valence-electron chi connectivity index (χ2n) is 8.58. The molecule has 32 heavy (non-hydrogen) atoms. The Morgan fingerprint density at radius 3 is 2.75 bits per heavy atom. The number of piperazine rings is 1. The van der Waals surface area contributed by atoms with Crippen molar-refractivity contribution in [3.05, 3.63) is 41.7 Å². The molecule has 2 N–H and O–H groups in total. The highest BCUT2D eigenvalue weighted by Gasteiger charge is 2.37. The minimum Gasteiger partial charge on any atom is -0.354 e. The van der Waals surface area contributed by atoms with E-state index < -0.39 is 0 Å². The monoisotopic (exact) mass is 435 g/mol. The van der Waals surface area contributed by atoms with E-state index in [1.165, 1.54) is 0 Å². The summed E-state index contributed by atoms with van der Waals surface area (Å²) >= 11 is 0. The molecule has 0 aromatic carbocycles. The van der Waals surface area contributed by atoms with Gasteiger partial charge in [0.1, 0.15) is 11.9 Å². The zero-order chi connectivity index (χ0) is 22.1. The van der Waals surface area contributed by atoms with E-state index in [1.807, 2.05) is 25.3 Å². The molecule has 0 radical (unpaired) electrons. The van der Waals surface area contributed by atoms with Crippen molar-refractivity contribution in [2.45, 2.75) is 32.4 Å². The van der Waals surface area contributed by atoms with Crippen molar-refractivity contribution in [3.63, 3.8) is 0 Å². The van der Waals surface area contributed by atoms with Gasteiger partial charge in [-0.15, -0.1) is 0 Å². The normalized spacial score (nSPS) is 20.5. The molecule has 5 heterocycles. The molecule has 3 aliphatic rings. The molecule has 2 fully saturated rings. The lowest BCUT2D eigenvalue weighted by Gasteiger charge is -2.36. The Labute approximate surface area is 187 Å². The summed E-state index contributed by atoms with van der Waals surface area (Å²) in [5.74, 6) is 1.80. The van der Waals surface area contributed by atoms with Gasteiger partial charge in [0, 0.05) is 58.2 Å². The number of pyridine rings is 2. The molecule has 0 bridgehead atoms. The molecular weight excluding hydrogens is 406 g/mol. The summed E-state index contributed by atoms with van der Waals surface area (Å²) in [6.45, 7) is 7.78. The Hall–Kier alpha value is -3.20. The van der Waals surface area contributed by atoms with Gasteiger partial charge in [0.2, 0.25) is 5.91 Å². The average molecular weight is 436 g/mol. The highest BCUT2D eigenvalue weighted by atomic mass is 16.2. The third kappa shape index (κ3) is 4.00. The molecule has 5 rings (SSSR count). The van der Waals surface area contributed by atoms with Crippen LogP contribution in [-0.2, 0) is 11.3 Å². The summed E-state index contributed by atoms with van der Waals surface area (Å²) in [5.41, 5.74) is 2.53. The summed E-state index contributed by atoms with van der Waals surface area (Å²) in [6, 6.07) is 5.76. The van der Waals surface area contributed by atoms with Crippen LogP contribution in [0.1, 0.15) is 35.7 Å². The number of carbonyl (C=O) groups is 2. The average Bonchev–Trinajstić information content (AvgIpc) is 3.31. The quantitative estimate of drug-likeness (QED) is 0.735. The first kappa shape index (κ1) is 20.7. The fraction of sp³-hybridized carbons (Fsp3) is 0.478. The summed E-state index contributed by atoms with van der Waals surface area (Å²) in [6.07, 6.45) is 5.53. The van der Waals surface area contributed by atoms with E-state index in [0.717, 1.165) is 75.0 Å². The topological polar surface area (TPSA) is 93.7 Å². The van der Waals surface area contributed by atoms with Crippen molar-refractivity contribution in [1.29, 1.82) is 0 Å². The van der Waals surface area contributed by atoms with Crippen molar-refractivity contribution < 1.29 is 9.59 Å². The number of hydrogen-bond acceptors (Lipinski definition) is 7. The Bertz CT molecular complexity index is 1000. The van der Waals surface area contributed by atoms with Gasteiger partial charge in [-0.3, -0.25) is 14.5 Å². The Kier molecular flexibility index (Phi) is 5.65. The smallest absolute Gasteiger partial charge is 0.252 e. The van der Waals surface area contributed by atoms with Crippen LogP contribution in [0.2, 0.25) is 0 Å². The Morgan fingerprint density at radius 2 is 2.00 bits per heavy atom. The summed E-state index contributed by atoms with van der Waals surface area (Å²) < 4.78 is 0. The van der Waals surface area contributed by atoms with E-state index in [4.69, 9.17) is 4.98 Å². The van der Waals surface area contributed by atoms with Gasteiger partial charge in [0.15, 0.2) is 5.82 Å². The van der Waals surface area contributed by atoms with Crippen LogP contribution in [0.4, 0.5) is 17.3 Å². The molecule has 2 aromatic rings. The lowest BCUT2D eigenvalue weighted by Crippen LogP contribution is -2.46. The number of nitrogens with one attached hydrogen (secondary N) is 2. The van der Waals surface area contributed by atoms with Gasteiger partial charge in [-0.1, -0.05) is 0 Å². The lowest BCUT2D eigenvalue weighted by atomic mass is 10.1. The van der Waals surface area contributed by atoms with Gasteiger partial charge in [0.05, 0.1) is 11.3 Å². The predicted octanol–water partition coefficient (Wildman–Crippen LogP) is 1.47. The third-order valence-electron chi connectivity index (χ3n) is 6.46. The zero-order valence-corrected chi connectivity index (χ0v) is 18.4. The number of carbonyl (C=O) groups excluding carboxylic acids is 2. The Morgan fingerprint density at radius 1 is 1.16 bits per heavy atom.